The van der Waals surface area contributed by atoms with Crippen LogP contribution in [0.1, 0.15) is 37.8 Å². The number of aryl methyl sites for hydroxylation is 1. The van der Waals surface area contributed by atoms with Crippen LogP contribution in [0.5, 0.6) is 5.75 Å². The highest BCUT2D eigenvalue weighted by Gasteiger charge is 2.34. The molecule has 1 unspecified atom stereocenters. The van der Waals surface area contributed by atoms with Gasteiger partial charge in [-0.25, -0.2) is 14.2 Å². The lowest BCUT2D eigenvalue weighted by molar-refractivity contribution is -0.138. The number of allylic oxidation sites excluding steroid dienone is 1. The second kappa shape index (κ2) is 8.82. The minimum atomic E-state index is -0.527. The molecular weight excluding hydrogens is 420 g/mol. The van der Waals surface area contributed by atoms with Gasteiger partial charge in [0.05, 0.1) is 17.9 Å². The lowest BCUT2D eigenvalue weighted by Crippen LogP contribution is -2.32. The molecule has 0 bridgehead atoms. The molecule has 0 saturated carbocycles. The maximum atomic E-state index is 13.2. The van der Waals surface area contributed by atoms with E-state index in [2.05, 4.69) is 15.6 Å². The standard InChI is InChI=1S/C25H26N4O4/c1-5-33-24(31)20-15(3)21-22(27-17-11-9-14(2)10-12-17)28-25(32)29(23(21)26-16(20)4)18-7-6-8-19(30)13-18/h6-13,15,26,30H,5H2,1-4H3,(H,27,28,32). The average molecular weight is 447 g/mol. The van der Waals surface area contributed by atoms with Crippen LogP contribution in [0.2, 0.25) is 0 Å². The summed E-state index contributed by atoms with van der Waals surface area (Å²) in [7, 11) is 0. The lowest BCUT2D eigenvalue weighted by Gasteiger charge is -2.30. The van der Waals surface area contributed by atoms with Crippen molar-refractivity contribution < 1.29 is 14.6 Å². The Balaban J connectivity index is 1.93. The van der Waals surface area contributed by atoms with Gasteiger partial charge in [0.25, 0.3) is 0 Å². The second-order valence-corrected chi connectivity index (χ2v) is 7.96. The molecule has 0 fully saturated rings. The van der Waals surface area contributed by atoms with Crippen molar-refractivity contribution in [2.75, 3.05) is 17.2 Å². The molecule has 3 aromatic rings. The molecule has 3 N–H and O–H groups in total. The number of ether oxygens (including phenoxy) is 1. The van der Waals surface area contributed by atoms with Gasteiger partial charge in [-0.3, -0.25) is 0 Å². The molecule has 0 radical (unpaired) electrons. The highest BCUT2D eigenvalue weighted by molar-refractivity contribution is 5.94. The highest BCUT2D eigenvalue weighted by Crippen LogP contribution is 2.42. The Labute approximate surface area is 191 Å². The van der Waals surface area contributed by atoms with Gasteiger partial charge in [-0.1, -0.05) is 30.7 Å². The van der Waals surface area contributed by atoms with Crippen LogP contribution in [0.3, 0.4) is 0 Å². The summed E-state index contributed by atoms with van der Waals surface area (Å²) in [5, 5.41) is 16.4. The number of hydrogen-bond donors (Lipinski definition) is 3. The number of nitrogens with zero attached hydrogens (tertiary/aromatic N) is 2. The number of aromatic nitrogens is 2. The van der Waals surface area contributed by atoms with Gasteiger partial charge in [-0.05, 0) is 45.0 Å². The quantitative estimate of drug-likeness (QED) is 0.500. The maximum Gasteiger partial charge on any atom is 0.355 e. The molecule has 8 nitrogen and oxygen atoms in total. The maximum absolute atomic E-state index is 13.2. The van der Waals surface area contributed by atoms with E-state index >= 15 is 0 Å². The van der Waals surface area contributed by atoms with Gasteiger partial charge < -0.3 is 20.5 Å². The number of nitrogens with one attached hydrogen (secondary N) is 2. The van der Waals surface area contributed by atoms with Gasteiger partial charge >= 0.3 is 11.7 Å². The third kappa shape index (κ3) is 4.19. The molecule has 1 aromatic heterocycles. The summed E-state index contributed by atoms with van der Waals surface area (Å²) in [4.78, 5) is 30.2. The largest absolute Gasteiger partial charge is 0.508 e. The summed E-state index contributed by atoms with van der Waals surface area (Å²) in [6.45, 7) is 7.66. The molecule has 2 aromatic carbocycles. The van der Waals surface area contributed by atoms with Crippen LogP contribution in [0, 0.1) is 6.92 Å². The van der Waals surface area contributed by atoms with E-state index in [-0.39, 0.29) is 12.4 Å². The SMILES string of the molecule is CCOC(=O)C1=C(C)Nc2c(c(Nc3ccc(C)cc3)nc(=O)n2-c2cccc(O)c2)C1C. The number of rotatable bonds is 5. The average Bonchev–Trinajstić information content (AvgIpc) is 2.75. The van der Waals surface area contributed by atoms with Gasteiger partial charge in [-0.2, -0.15) is 4.98 Å². The third-order valence-electron chi connectivity index (χ3n) is 5.61. The number of aromatic hydroxyl groups is 1. The number of hydrogen-bond acceptors (Lipinski definition) is 7. The summed E-state index contributed by atoms with van der Waals surface area (Å²) in [6.07, 6.45) is 0. The van der Waals surface area contributed by atoms with Crippen LogP contribution in [-0.4, -0.2) is 27.2 Å². The fraction of sp³-hybridized carbons (Fsp3) is 0.240. The van der Waals surface area contributed by atoms with Crippen LogP contribution in [0.25, 0.3) is 5.69 Å². The Bertz CT molecular complexity index is 1310. The van der Waals surface area contributed by atoms with Gasteiger partial charge in [-0.15, -0.1) is 0 Å². The number of carbonyl (C=O) groups excluding carboxylic acids is 1. The molecule has 0 amide bonds. The van der Waals surface area contributed by atoms with Crippen molar-refractivity contribution >= 4 is 23.3 Å². The molecule has 1 atom stereocenters. The molecule has 33 heavy (non-hydrogen) atoms. The lowest BCUT2D eigenvalue weighted by atomic mass is 9.88. The second-order valence-electron chi connectivity index (χ2n) is 7.96. The minimum Gasteiger partial charge on any atom is -0.508 e. The Morgan fingerprint density at radius 3 is 2.61 bits per heavy atom. The zero-order chi connectivity index (χ0) is 23.7. The Morgan fingerprint density at radius 2 is 1.94 bits per heavy atom. The van der Waals surface area contributed by atoms with Crippen molar-refractivity contribution in [3.63, 3.8) is 0 Å². The van der Waals surface area contributed by atoms with Crippen molar-refractivity contribution in [1.29, 1.82) is 0 Å². The smallest absolute Gasteiger partial charge is 0.355 e. The number of benzene rings is 2. The zero-order valence-corrected chi connectivity index (χ0v) is 19.0. The fourth-order valence-electron chi connectivity index (χ4n) is 4.06. The Morgan fingerprint density at radius 1 is 1.21 bits per heavy atom. The van der Waals surface area contributed by atoms with E-state index in [1.165, 1.54) is 16.7 Å². The van der Waals surface area contributed by atoms with Crippen LogP contribution in [-0.2, 0) is 9.53 Å². The molecule has 0 saturated heterocycles. The summed E-state index contributed by atoms with van der Waals surface area (Å²) in [5.74, 6) is 0.0260. The Hall–Kier alpha value is -4.07. The topological polar surface area (TPSA) is 105 Å². The first kappa shape index (κ1) is 22.1. The van der Waals surface area contributed by atoms with Crippen molar-refractivity contribution in [2.24, 2.45) is 0 Å². The molecule has 0 spiro atoms. The first-order valence-corrected chi connectivity index (χ1v) is 10.7. The first-order chi connectivity index (χ1) is 15.8. The van der Waals surface area contributed by atoms with Crippen molar-refractivity contribution in [2.45, 2.75) is 33.6 Å². The van der Waals surface area contributed by atoms with Gasteiger partial charge in [0, 0.05) is 28.9 Å². The fourth-order valence-corrected chi connectivity index (χ4v) is 4.06. The molecule has 4 rings (SSSR count). The summed E-state index contributed by atoms with van der Waals surface area (Å²) >= 11 is 0. The van der Waals surface area contributed by atoms with E-state index in [4.69, 9.17) is 4.74 Å². The van der Waals surface area contributed by atoms with Crippen LogP contribution in [0.4, 0.5) is 17.3 Å². The monoisotopic (exact) mass is 446 g/mol. The van der Waals surface area contributed by atoms with Crippen LogP contribution >= 0.6 is 0 Å². The third-order valence-corrected chi connectivity index (χ3v) is 5.61. The van der Waals surface area contributed by atoms with Gasteiger partial charge in [0.2, 0.25) is 0 Å². The van der Waals surface area contributed by atoms with Gasteiger partial charge in [0.15, 0.2) is 0 Å². The van der Waals surface area contributed by atoms with Crippen LogP contribution < -0.4 is 16.3 Å². The van der Waals surface area contributed by atoms with Crippen molar-refractivity contribution in [3.05, 3.63) is 81.4 Å². The number of esters is 1. The normalized spacial score (nSPS) is 15.0. The minimum absolute atomic E-state index is 0.0262. The van der Waals surface area contributed by atoms with E-state index in [1.54, 1.807) is 26.0 Å². The zero-order valence-electron chi connectivity index (χ0n) is 19.0. The van der Waals surface area contributed by atoms with E-state index in [9.17, 15) is 14.7 Å². The van der Waals surface area contributed by atoms with Crippen molar-refractivity contribution in [1.82, 2.24) is 9.55 Å². The molecule has 1 aliphatic heterocycles. The molecule has 2 heterocycles. The van der Waals surface area contributed by atoms with Crippen molar-refractivity contribution in [3.8, 4) is 11.4 Å². The predicted octanol–water partition coefficient (Wildman–Crippen LogP) is 4.36. The summed E-state index contributed by atoms with van der Waals surface area (Å²) in [5.41, 5.74) is 3.51. The first-order valence-electron chi connectivity index (χ1n) is 10.7. The predicted molar refractivity (Wildman–Crippen MR) is 127 cm³/mol. The number of fused-ring (bicyclic) bond motifs is 1. The number of carbonyl (C=O) groups is 1. The summed E-state index contributed by atoms with van der Waals surface area (Å²) < 4.78 is 6.68. The van der Waals surface area contributed by atoms with E-state index in [0.29, 0.717) is 34.2 Å². The number of phenols is 1. The number of anilines is 3. The molecule has 8 heteroatoms. The van der Waals surface area contributed by atoms with E-state index in [0.717, 1.165) is 11.3 Å². The number of phenolic OH excluding ortho intramolecular Hbond substituents is 1. The van der Waals surface area contributed by atoms with Gasteiger partial charge in [0.1, 0.15) is 17.4 Å². The van der Waals surface area contributed by atoms with E-state index in [1.807, 2.05) is 38.1 Å². The van der Waals surface area contributed by atoms with E-state index < -0.39 is 17.6 Å². The molecule has 170 valence electrons. The molecule has 0 aliphatic carbocycles. The molecule has 1 aliphatic rings. The molecular formula is C25H26N4O4. The Kier molecular flexibility index (Phi) is 5.91. The highest BCUT2D eigenvalue weighted by atomic mass is 16.5. The van der Waals surface area contributed by atoms with Crippen LogP contribution in [0.15, 0.2) is 64.6 Å². The summed E-state index contributed by atoms with van der Waals surface area (Å²) in [6, 6.07) is 14.1.